The van der Waals surface area contributed by atoms with E-state index in [0.717, 1.165) is 11.4 Å². The van der Waals surface area contributed by atoms with Gasteiger partial charge in [-0.1, -0.05) is 41.9 Å². The van der Waals surface area contributed by atoms with Gasteiger partial charge in [0.15, 0.2) is 0 Å². The summed E-state index contributed by atoms with van der Waals surface area (Å²) in [5.74, 6) is 0.886. The van der Waals surface area contributed by atoms with Gasteiger partial charge in [-0.2, -0.15) is 0 Å². The number of hydrogen-bond donors (Lipinski definition) is 1. The minimum absolute atomic E-state index is 0.248. The van der Waals surface area contributed by atoms with Crippen LogP contribution in [-0.4, -0.2) is 25.0 Å². The minimum Gasteiger partial charge on any atom is -0.495 e. The van der Waals surface area contributed by atoms with Crippen molar-refractivity contribution >= 4 is 34.7 Å². The van der Waals surface area contributed by atoms with E-state index in [0.29, 0.717) is 16.6 Å². The van der Waals surface area contributed by atoms with E-state index in [4.69, 9.17) is 16.3 Å². The molecule has 26 heavy (non-hydrogen) atoms. The zero-order valence-electron chi connectivity index (χ0n) is 14.4. The van der Waals surface area contributed by atoms with Crippen molar-refractivity contribution in [2.75, 3.05) is 24.4 Å². The number of hydrogen-bond acceptors (Lipinski definition) is 4. The fraction of sp³-hybridized carbons (Fsp3) is 0.100. The third-order valence-corrected chi connectivity index (χ3v) is 4.05. The SMILES string of the molecule is COc1ccccc1Nc1cc(Cl)cc(C(=O)N(C)c2ccccc2)n1. The van der Waals surface area contributed by atoms with E-state index >= 15 is 0 Å². The summed E-state index contributed by atoms with van der Waals surface area (Å²) in [6.45, 7) is 0. The van der Waals surface area contributed by atoms with Gasteiger partial charge in [0.05, 0.1) is 12.8 Å². The number of pyridine rings is 1. The number of para-hydroxylation sites is 3. The van der Waals surface area contributed by atoms with Crippen molar-refractivity contribution in [2.45, 2.75) is 0 Å². The Morgan fingerprint density at radius 3 is 2.50 bits per heavy atom. The average molecular weight is 368 g/mol. The van der Waals surface area contributed by atoms with Crippen molar-refractivity contribution in [3.63, 3.8) is 0 Å². The lowest BCUT2D eigenvalue weighted by Gasteiger charge is -2.17. The molecule has 1 heterocycles. The van der Waals surface area contributed by atoms with E-state index in [1.165, 1.54) is 4.90 Å². The standard InChI is InChI=1S/C20H18ClN3O2/c1-24(15-8-4-3-5-9-15)20(25)17-12-14(21)13-19(23-17)22-16-10-6-7-11-18(16)26-2/h3-13H,1-2H3,(H,22,23). The average Bonchev–Trinajstić information content (AvgIpc) is 2.67. The van der Waals surface area contributed by atoms with Crippen molar-refractivity contribution in [2.24, 2.45) is 0 Å². The van der Waals surface area contributed by atoms with E-state index in [-0.39, 0.29) is 11.6 Å². The fourth-order valence-electron chi connectivity index (χ4n) is 2.50. The molecule has 0 aliphatic rings. The molecule has 0 aliphatic carbocycles. The summed E-state index contributed by atoms with van der Waals surface area (Å²) in [7, 11) is 3.29. The van der Waals surface area contributed by atoms with Gasteiger partial charge >= 0.3 is 0 Å². The second-order valence-corrected chi connectivity index (χ2v) is 6.02. The molecule has 3 rings (SSSR count). The van der Waals surface area contributed by atoms with Gasteiger partial charge in [-0.25, -0.2) is 4.98 Å². The number of anilines is 3. The van der Waals surface area contributed by atoms with Gasteiger partial charge in [-0.05, 0) is 36.4 Å². The summed E-state index contributed by atoms with van der Waals surface area (Å²) in [6.07, 6.45) is 0. The van der Waals surface area contributed by atoms with E-state index in [1.54, 1.807) is 26.3 Å². The first kappa shape index (κ1) is 17.8. The zero-order valence-corrected chi connectivity index (χ0v) is 15.2. The Kier molecular flexibility index (Phi) is 5.39. The van der Waals surface area contributed by atoms with Crippen LogP contribution >= 0.6 is 11.6 Å². The molecule has 3 aromatic rings. The summed E-state index contributed by atoms with van der Waals surface area (Å²) in [5, 5.41) is 3.57. The fourth-order valence-corrected chi connectivity index (χ4v) is 2.70. The number of benzene rings is 2. The summed E-state index contributed by atoms with van der Waals surface area (Å²) in [4.78, 5) is 18.7. The topological polar surface area (TPSA) is 54.5 Å². The van der Waals surface area contributed by atoms with Gasteiger partial charge in [-0.15, -0.1) is 0 Å². The number of ether oxygens (including phenoxy) is 1. The maximum atomic E-state index is 12.8. The monoisotopic (exact) mass is 367 g/mol. The van der Waals surface area contributed by atoms with Crippen molar-refractivity contribution in [3.8, 4) is 5.75 Å². The molecule has 5 nitrogen and oxygen atoms in total. The highest BCUT2D eigenvalue weighted by molar-refractivity contribution is 6.31. The number of rotatable bonds is 5. The van der Waals surface area contributed by atoms with Gasteiger partial charge in [0.25, 0.3) is 5.91 Å². The van der Waals surface area contributed by atoms with Gasteiger partial charge in [0, 0.05) is 17.8 Å². The Hall–Kier alpha value is -3.05. The molecule has 132 valence electrons. The molecule has 6 heteroatoms. The summed E-state index contributed by atoms with van der Waals surface area (Å²) < 4.78 is 5.32. The summed E-state index contributed by atoms with van der Waals surface area (Å²) in [5.41, 5.74) is 1.76. The smallest absolute Gasteiger partial charge is 0.276 e. The van der Waals surface area contributed by atoms with Crippen molar-refractivity contribution in [3.05, 3.63) is 77.4 Å². The summed E-state index contributed by atoms with van der Waals surface area (Å²) in [6, 6.07) is 20.0. The first-order chi connectivity index (χ1) is 12.6. The van der Waals surface area contributed by atoms with Crippen molar-refractivity contribution < 1.29 is 9.53 Å². The van der Waals surface area contributed by atoms with Crippen LogP contribution in [0.25, 0.3) is 0 Å². The zero-order chi connectivity index (χ0) is 18.5. The number of halogens is 1. The number of nitrogens with zero attached hydrogens (tertiary/aromatic N) is 2. The van der Waals surface area contributed by atoms with Gasteiger partial charge in [-0.3, -0.25) is 4.79 Å². The van der Waals surface area contributed by atoms with Crippen molar-refractivity contribution in [1.29, 1.82) is 0 Å². The van der Waals surface area contributed by atoms with E-state index in [9.17, 15) is 4.79 Å². The van der Waals surface area contributed by atoms with Crippen LogP contribution in [0.5, 0.6) is 5.75 Å². The molecular formula is C20H18ClN3O2. The number of amides is 1. The molecule has 0 radical (unpaired) electrons. The molecule has 2 aromatic carbocycles. The molecule has 0 saturated carbocycles. The van der Waals surface area contributed by atoms with Crippen LogP contribution < -0.4 is 15.0 Å². The Labute approximate surface area is 157 Å². The lowest BCUT2D eigenvalue weighted by molar-refractivity contribution is 0.0988. The summed E-state index contributed by atoms with van der Waals surface area (Å²) >= 11 is 6.20. The highest BCUT2D eigenvalue weighted by Crippen LogP contribution is 2.28. The normalized spacial score (nSPS) is 10.3. The second kappa shape index (κ2) is 7.89. The maximum absolute atomic E-state index is 12.8. The molecule has 0 unspecified atom stereocenters. The number of methoxy groups -OCH3 is 1. The predicted molar refractivity (Wildman–Crippen MR) is 105 cm³/mol. The molecule has 1 aromatic heterocycles. The molecule has 1 amide bonds. The number of carbonyl (C=O) groups is 1. The lowest BCUT2D eigenvalue weighted by Crippen LogP contribution is -2.27. The Morgan fingerprint density at radius 2 is 1.77 bits per heavy atom. The van der Waals surface area contributed by atoms with Crippen LogP contribution in [0.3, 0.4) is 0 Å². The minimum atomic E-state index is -0.248. The van der Waals surface area contributed by atoms with Gasteiger partial charge in [0.2, 0.25) is 0 Å². The Balaban J connectivity index is 1.89. The van der Waals surface area contributed by atoms with Gasteiger partial charge in [0.1, 0.15) is 17.3 Å². The Morgan fingerprint density at radius 1 is 1.08 bits per heavy atom. The first-order valence-electron chi connectivity index (χ1n) is 7.99. The third kappa shape index (κ3) is 3.95. The number of nitrogens with one attached hydrogen (secondary N) is 1. The first-order valence-corrected chi connectivity index (χ1v) is 8.37. The molecule has 0 bridgehead atoms. The quantitative estimate of drug-likeness (QED) is 0.706. The predicted octanol–water partition coefficient (Wildman–Crippen LogP) is 4.76. The van der Waals surface area contributed by atoms with Crippen molar-refractivity contribution in [1.82, 2.24) is 4.98 Å². The molecule has 0 atom stereocenters. The largest absolute Gasteiger partial charge is 0.495 e. The molecular weight excluding hydrogens is 350 g/mol. The highest BCUT2D eigenvalue weighted by atomic mass is 35.5. The van der Waals surface area contributed by atoms with E-state index in [2.05, 4.69) is 10.3 Å². The molecule has 0 aliphatic heterocycles. The third-order valence-electron chi connectivity index (χ3n) is 3.83. The molecule has 0 spiro atoms. The maximum Gasteiger partial charge on any atom is 0.276 e. The number of aromatic nitrogens is 1. The van der Waals surface area contributed by atoms with Crippen LogP contribution in [0.4, 0.5) is 17.2 Å². The highest BCUT2D eigenvalue weighted by Gasteiger charge is 2.17. The van der Waals surface area contributed by atoms with E-state index < -0.39 is 0 Å². The molecule has 0 saturated heterocycles. The van der Waals surface area contributed by atoms with Crippen LogP contribution in [0.2, 0.25) is 5.02 Å². The second-order valence-electron chi connectivity index (χ2n) is 5.58. The van der Waals surface area contributed by atoms with Crippen LogP contribution in [0.1, 0.15) is 10.5 Å². The lowest BCUT2D eigenvalue weighted by atomic mass is 10.2. The van der Waals surface area contributed by atoms with Gasteiger partial charge < -0.3 is 15.0 Å². The van der Waals surface area contributed by atoms with Crippen LogP contribution in [0, 0.1) is 0 Å². The molecule has 1 N–H and O–H groups in total. The van der Waals surface area contributed by atoms with Crippen LogP contribution in [-0.2, 0) is 0 Å². The Bertz CT molecular complexity index is 916. The number of carbonyl (C=O) groups excluding carboxylic acids is 1. The van der Waals surface area contributed by atoms with E-state index in [1.807, 2.05) is 54.6 Å². The molecule has 0 fully saturated rings. The van der Waals surface area contributed by atoms with Crippen LogP contribution in [0.15, 0.2) is 66.7 Å².